The van der Waals surface area contributed by atoms with Crippen LogP contribution in [0.4, 0.5) is 0 Å². The number of hydrogen-bond acceptors (Lipinski definition) is 5. The molecule has 0 saturated heterocycles. The molecule has 5 nitrogen and oxygen atoms in total. The largest absolute Gasteiger partial charge is 0.497 e. The van der Waals surface area contributed by atoms with E-state index in [-0.39, 0.29) is 6.04 Å². The second kappa shape index (κ2) is 7.01. The number of halogens is 1. The van der Waals surface area contributed by atoms with E-state index in [1.165, 1.54) is 0 Å². The number of hydrazone groups is 1. The second-order valence-electron chi connectivity index (χ2n) is 5.38. The van der Waals surface area contributed by atoms with E-state index in [9.17, 15) is 0 Å². The van der Waals surface area contributed by atoms with Crippen LogP contribution in [0.25, 0.3) is 0 Å². The monoisotopic (exact) mass is 346 g/mol. The quantitative estimate of drug-likeness (QED) is 0.894. The number of ether oxygens (including phenoxy) is 3. The van der Waals surface area contributed by atoms with Crippen molar-refractivity contribution in [3.8, 4) is 17.2 Å². The minimum absolute atomic E-state index is 0.00518. The predicted molar refractivity (Wildman–Crippen MR) is 94.6 cm³/mol. The first-order valence-electron chi connectivity index (χ1n) is 7.54. The van der Waals surface area contributed by atoms with Gasteiger partial charge >= 0.3 is 0 Å². The van der Waals surface area contributed by atoms with Crippen molar-refractivity contribution in [2.24, 2.45) is 5.10 Å². The Bertz CT molecular complexity index is 760. The highest BCUT2D eigenvalue weighted by Crippen LogP contribution is 2.41. The summed E-state index contributed by atoms with van der Waals surface area (Å²) in [4.78, 5) is 0. The number of nitrogens with one attached hydrogen (secondary N) is 1. The smallest absolute Gasteiger partial charge is 0.179 e. The number of methoxy groups -OCH3 is 3. The summed E-state index contributed by atoms with van der Waals surface area (Å²) in [5.41, 5.74) is 6.13. The van der Waals surface area contributed by atoms with Crippen LogP contribution in [0.15, 0.2) is 41.5 Å². The van der Waals surface area contributed by atoms with Gasteiger partial charge in [-0.05, 0) is 41.5 Å². The molecule has 0 aliphatic carbocycles. The minimum atomic E-state index is -0.00518. The van der Waals surface area contributed by atoms with Gasteiger partial charge in [0.2, 0.25) is 0 Å². The van der Waals surface area contributed by atoms with Crippen LogP contribution < -0.4 is 19.6 Å². The highest BCUT2D eigenvalue weighted by Gasteiger charge is 2.25. The van der Waals surface area contributed by atoms with Gasteiger partial charge in [0.1, 0.15) is 5.75 Å². The van der Waals surface area contributed by atoms with Crippen LogP contribution in [0.2, 0.25) is 5.02 Å². The predicted octanol–water partition coefficient (Wildman–Crippen LogP) is 3.80. The Morgan fingerprint density at radius 3 is 2.38 bits per heavy atom. The second-order valence-corrected chi connectivity index (χ2v) is 5.76. The van der Waals surface area contributed by atoms with Crippen molar-refractivity contribution in [1.29, 1.82) is 0 Å². The van der Waals surface area contributed by atoms with E-state index >= 15 is 0 Å². The third kappa shape index (κ3) is 2.99. The molecule has 0 amide bonds. The average Bonchev–Trinajstić information content (AvgIpc) is 3.11. The summed E-state index contributed by atoms with van der Waals surface area (Å²) in [6.07, 6.45) is 0.738. The number of benzene rings is 2. The number of rotatable bonds is 5. The highest BCUT2D eigenvalue weighted by molar-refractivity contribution is 6.33. The fourth-order valence-corrected chi connectivity index (χ4v) is 3.12. The molecular weight excluding hydrogens is 328 g/mol. The lowest BCUT2D eigenvalue weighted by Gasteiger charge is -2.16. The van der Waals surface area contributed by atoms with E-state index in [2.05, 4.69) is 10.5 Å². The maximum atomic E-state index is 6.49. The van der Waals surface area contributed by atoms with Gasteiger partial charge in [-0.2, -0.15) is 5.10 Å². The molecule has 0 aromatic heterocycles. The van der Waals surface area contributed by atoms with Crippen LogP contribution in [0.3, 0.4) is 0 Å². The van der Waals surface area contributed by atoms with Gasteiger partial charge in [-0.3, -0.25) is 0 Å². The van der Waals surface area contributed by atoms with Crippen LogP contribution in [-0.4, -0.2) is 27.0 Å². The molecule has 0 saturated carbocycles. The van der Waals surface area contributed by atoms with Gasteiger partial charge in [-0.1, -0.05) is 17.7 Å². The third-order valence-corrected chi connectivity index (χ3v) is 4.46. The van der Waals surface area contributed by atoms with Crippen molar-refractivity contribution in [3.63, 3.8) is 0 Å². The van der Waals surface area contributed by atoms with E-state index in [1.807, 2.05) is 36.4 Å². The van der Waals surface area contributed by atoms with Crippen LogP contribution in [-0.2, 0) is 0 Å². The van der Waals surface area contributed by atoms with Crippen LogP contribution in [0.1, 0.15) is 23.6 Å². The molecule has 1 heterocycles. The van der Waals surface area contributed by atoms with Crippen molar-refractivity contribution in [3.05, 3.63) is 52.5 Å². The van der Waals surface area contributed by atoms with Crippen molar-refractivity contribution in [1.82, 2.24) is 5.43 Å². The van der Waals surface area contributed by atoms with E-state index in [0.29, 0.717) is 16.5 Å². The summed E-state index contributed by atoms with van der Waals surface area (Å²) >= 11 is 6.49. The molecule has 1 aliphatic rings. The molecule has 1 unspecified atom stereocenters. The molecule has 1 aliphatic heterocycles. The zero-order valence-electron chi connectivity index (χ0n) is 13.8. The lowest BCUT2D eigenvalue weighted by atomic mass is 9.98. The Kier molecular flexibility index (Phi) is 4.81. The van der Waals surface area contributed by atoms with Gasteiger partial charge in [0.15, 0.2) is 11.5 Å². The van der Waals surface area contributed by atoms with E-state index in [0.717, 1.165) is 29.0 Å². The Morgan fingerprint density at radius 2 is 1.75 bits per heavy atom. The molecule has 0 spiro atoms. The maximum absolute atomic E-state index is 6.49. The molecule has 1 N–H and O–H groups in total. The molecule has 24 heavy (non-hydrogen) atoms. The summed E-state index contributed by atoms with van der Waals surface area (Å²) in [6, 6.07) is 11.6. The fourth-order valence-electron chi connectivity index (χ4n) is 2.76. The van der Waals surface area contributed by atoms with Crippen molar-refractivity contribution in [2.45, 2.75) is 12.5 Å². The molecule has 0 fully saturated rings. The Labute approximate surface area is 146 Å². The summed E-state index contributed by atoms with van der Waals surface area (Å²) in [7, 11) is 4.82. The lowest BCUT2D eigenvalue weighted by molar-refractivity contribution is 0.354. The third-order valence-electron chi connectivity index (χ3n) is 4.07. The van der Waals surface area contributed by atoms with Gasteiger partial charge in [0.25, 0.3) is 0 Å². The van der Waals surface area contributed by atoms with Gasteiger partial charge in [0, 0.05) is 6.42 Å². The van der Waals surface area contributed by atoms with Crippen molar-refractivity contribution in [2.75, 3.05) is 21.3 Å². The normalized spacial score (nSPS) is 16.3. The van der Waals surface area contributed by atoms with Crippen LogP contribution in [0.5, 0.6) is 17.2 Å². The highest BCUT2D eigenvalue weighted by atomic mass is 35.5. The topological polar surface area (TPSA) is 52.1 Å². The van der Waals surface area contributed by atoms with Crippen LogP contribution >= 0.6 is 11.6 Å². The molecule has 2 aromatic rings. The summed E-state index contributed by atoms with van der Waals surface area (Å²) in [6.45, 7) is 0. The Morgan fingerprint density at radius 1 is 1.00 bits per heavy atom. The van der Waals surface area contributed by atoms with Gasteiger partial charge in [0.05, 0.1) is 38.1 Å². The summed E-state index contributed by atoms with van der Waals surface area (Å²) < 4.78 is 15.8. The minimum Gasteiger partial charge on any atom is -0.497 e. The molecule has 0 bridgehead atoms. The SMILES string of the molecule is COc1ccc(C2=NNC(c3ccc(OC)c(OC)c3Cl)C2)cc1. The molecule has 6 heteroatoms. The number of hydrogen-bond donors (Lipinski definition) is 1. The molecule has 3 rings (SSSR count). The first-order valence-corrected chi connectivity index (χ1v) is 7.92. The first kappa shape index (κ1) is 16.5. The zero-order valence-corrected chi connectivity index (χ0v) is 14.6. The standard InChI is InChI=1S/C18H19ClN2O3/c1-22-12-6-4-11(5-7-12)14-10-15(21-20-14)13-8-9-16(23-2)18(24-3)17(13)19/h4-9,15,21H,10H2,1-3H3. The van der Waals surface area contributed by atoms with Gasteiger partial charge in [-0.25, -0.2) is 0 Å². The van der Waals surface area contributed by atoms with E-state index in [4.69, 9.17) is 25.8 Å². The Balaban J connectivity index is 1.81. The fraction of sp³-hybridized carbons (Fsp3) is 0.278. The lowest BCUT2D eigenvalue weighted by Crippen LogP contribution is -2.11. The zero-order chi connectivity index (χ0) is 17.1. The molecule has 2 aromatic carbocycles. The van der Waals surface area contributed by atoms with Gasteiger partial charge < -0.3 is 19.6 Å². The van der Waals surface area contributed by atoms with E-state index in [1.54, 1.807) is 21.3 Å². The molecule has 1 atom stereocenters. The van der Waals surface area contributed by atoms with Gasteiger partial charge in [-0.15, -0.1) is 0 Å². The molecular formula is C18H19ClN2O3. The molecule has 0 radical (unpaired) electrons. The Hall–Kier alpha value is -2.40. The summed E-state index contributed by atoms with van der Waals surface area (Å²) in [5.74, 6) is 1.97. The van der Waals surface area contributed by atoms with E-state index < -0.39 is 0 Å². The number of nitrogens with zero attached hydrogens (tertiary/aromatic N) is 1. The van der Waals surface area contributed by atoms with Crippen LogP contribution in [0, 0.1) is 0 Å². The van der Waals surface area contributed by atoms with Crippen molar-refractivity contribution < 1.29 is 14.2 Å². The maximum Gasteiger partial charge on any atom is 0.179 e. The molecule has 126 valence electrons. The van der Waals surface area contributed by atoms with Crippen molar-refractivity contribution >= 4 is 17.3 Å². The average molecular weight is 347 g/mol. The first-order chi connectivity index (χ1) is 11.7. The summed E-state index contributed by atoms with van der Waals surface area (Å²) in [5, 5.41) is 5.00.